The van der Waals surface area contributed by atoms with E-state index in [-0.39, 0.29) is 22.9 Å². The maximum Gasteiger partial charge on any atom is 0.239 e. The van der Waals surface area contributed by atoms with Crippen LogP contribution in [0.3, 0.4) is 0 Å². The van der Waals surface area contributed by atoms with Crippen molar-refractivity contribution in [1.29, 1.82) is 5.26 Å². The number of nitriles is 1. The van der Waals surface area contributed by atoms with Gasteiger partial charge in [0.05, 0.1) is 6.20 Å². The monoisotopic (exact) mass is 288 g/mol. The Kier molecular flexibility index (Phi) is 3.51. The lowest BCUT2D eigenvalue weighted by Crippen LogP contribution is -1.94. The lowest BCUT2D eigenvalue weighted by molar-refractivity contribution is 0.506. The molecule has 0 saturated heterocycles. The zero-order valence-electron chi connectivity index (χ0n) is 11.2. The third kappa shape index (κ3) is 2.49. The van der Waals surface area contributed by atoms with Gasteiger partial charge in [0.15, 0.2) is 17.4 Å². The highest BCUT2D eigenvalue weighted by atomic mass is 16.3. The van der Waals surface area contributed by atoms with E-state index >= 15 is 0 Å². The van der Waals surface area contributed by atoms with Crippen LogP contribution in [0.1, 0.15) is 11.6 Å². The lowest BCUT2D eigenvalue weighted by Gasteiger charge is -2.00. The summed E-state index contributed by atoms with van der Waals surface area (Å²) in [4.78, 5) is 12.1. The van der Waals surface area contributed by atoms with E-state index in [9.17, 15) is 5.11 Å². The van der Waals surface area contributed by atoms with E-state index in [2.05, 4.69) is 26.8 Å². The van der Waals surface area contributed by atoms with Crippen molar-refractivity contribution in [3.63, 3.8) is 0 Å². The fraction of sp³-hybridized carbons (Fsp3) is 0. The maximum atomic E-state index is 10.4. The minimum absolute atomic E-state index is 0.0817. The van der Waals surface area contributed by atoms with Crippen molar-refractivity contribution >= 4 is 22.4 Å². The smallest absolute Gasteiger partial charge is 0.239 e. The Morgan fingerprint density at radius 3 is 2.82 bits per heavy atom. The number of aliphatic hydroxyl groups excluding tert-OH is 1. The van der Waals surface area contributed by atoms with Gasteiger partial charge in [0, 0.05) is 18.3 Å². The molecular formula is C16H8N4O2. The molecule has 0 saturated carbocycles. The number of allylic oxidation sites excluding steroid dienone is 1. The normalized spacial score (nSPS) is 11.2. The zero-order valence-corrected chi connectivity index (χ0v) is 11.2. The minimum Gasteiger partial charge on any atom is -0.504 e. The van der Waals surface area contributed by atoms with Gasteiger partial charge in [0.25, 0.3) is 0 Å². The summed E-state index contributed by atoms with van der Waals surface area (Å²) in [5, 5.41) is 19.0. The van der Waals surface area contributed by atoms with Crippen molar-refractivity contribution in [2.75, 3.05) is 0 Å². The Labute approximate surface area is 125 Å². The van der Waals surface area contributed by atoms with Crippen molar-refractivity contribution in [3.8, 4) is 17.9 Å². The summed E-state index contributed by atoms with van der Waals surface area (Å²) in [7, 11) is 0. The van der Waals surface area contributed by atoms with Gasteiger partial charge in [-0.2, -0.15) is 5.26 Å². The summed E-state index contributed by atoms with van der Waals surface area (Å²) in [5.41, 5.74) is 1.48. The van der Waals surface area contributed by atoms with Crippen LogP contribution in [0.15, 0.2) is 47.3 Å². The molecule has 0 aliphatic heterocycles. The van der Waals surface area contributed by atoms with Crippen LogP contribution >= 0.6 is 0 Å². The van der Waals surface area contributed by atoms with Crippen LogP contribution in [-0.4, -0.2) is 20.1 Å². The molecule has 3 aromatic rings. The molecule has 0 spiro atoms. The largest absolute Gasteiger partial charge is 0.504 e. The first-order valence-corrected chi connectivity index (χ1v) is 6.25. The summed E-state index contributed by atoms with van der Waals surface area (Å²) >= 11 is 0. The molecule has 3 rings (SSSR count). The first-order valence-electron chi connectivity index (χ1n) is 6.25. The number of benzene rings is 1. The van der Waals surface area contributed by atoms with E-state index < -0.39 is 0 Å². The Morgan fingerprint density at radius 1 is 1.23 bits per heavy atom. The fourth-order valence-corrected chi connectivity index (χ4v) is 1.83. The second-order valence-corrected chi connectivity index (χ2v) is 4.16. The molecule has 0 aliphatic rings. The Bertz CT molecular complexity index is 923. The molecule has 22 heavy (non-hydrogen) atoms. The first-order chi connectivity index (χ1) is 10.8. The van der Waals surface area contributed by atoms with Gasteiger partial charge in [0.2, 0.25) is 5.89 Å². The van der Waals surface area contributed by atoms with Gasteiger partial charge in [-0.05, 0) is 18.1 Å². The maximum absolute atomic E-state index is 10.4. The molecular weight excluding hydrogens is 280 g/mol. The lowest BCUT2D eigenvalue weighted by atomic mass is 10.2. The highest BCUT2D eigenvalue weighted by Crippen LogP contribution is 2.25. The van der Waals surface area contributed by atoms with E-state index in [0.717, 1.165) is 0 Å². The highest BCUT2D eigenvalue weighted by molar-refractivity contribution is 5.93. The number of oxazole rings is 1. The number of hydrogen-bond donors (Lipinski definition) is 1. The molecule has 0 radical (unpaired) electrons. The summed E-state index contributed by atoms with van der Waals surface area (Å²) in [5.74, 6) is 4.64. The molecule has 1 aromatic carbocycles. The van der Waals surface area contributed by atoms with Crippen molar-refractivity contribution in [2.24, 2.45) is 0 Å². The number of rotatable bonds is 2. The van der Waals surface area contributed by atoms with Gasteiger partial charge in [-0.25, -0.2) is 9.97 Å². The zero-order chi connectivity index (χ0) is 15.4. The van der Waals surface area contributed by atoms with Crippen LogP contribution in [-0.2, 0) is 0 Å². The molecule has 0 unspecified atom stereocenters. The van der Waals surface area contributed by atoms with Gasteiger partial charge in [-0.15, -0.1) is 0 Å². The molecule has 0 aliphatic carbocycles. The molecule has 104 valence electrons. The van der Waals surface area contributed by atoms with Crippen LogP contribution in [0.5, 0.6) is 0 Å². The summed E-state index contributed by atoms with van der Waals surface area (Å²) in [6.45, 7) is 0. The molecule has 2 heterocycles. The summed E-state index contributed by atoms with van der Waals surface area (Å²) in [6.07, 6.45) is 4.30. The molecule has 0 bridgehead atoms. The number of hydrogen-bond acceptors (Lipinski definition) is 6. The second kappa shape index (κ2) is 5.78. The molecule has 0 amide bonds. The van der Waals surface area contributed by atoms with Crippen LogP contribution in [0.4, 0.5) is 0 Å². The molecule has 1 N–H and O–H groups in total. The quantitative estimate of drug-likeness (QED) is 0.575. The minimum atomic E-state index is -0.248. The van der Waals surface area contributed by atoms with Gasteiger partial charge in [0.1, 0.15) is 16.8 Å². The molecule has 6 heteroatoms. The summed E-state index contributed by atoms with van der Waals surface area (Å²) in [6, 6.07) is 8.85. The number of aliphatic hydroxyl groups is 1. The second-order valence-electron chi connectivity index (χ2n) is 4.16. The molecule has 2 aromatic heterocycles. The molecule has 6 nitrogen and oxygen atoms in total. The van der Waals surface area contributed by atoms with E-state index in [1.54, 1.807) is 18.2 Å². The average molecular weight is 288 g/mol. The molecule has 0 fully saturated rings. The average Bonchev–Trinajstić information content (AvgIpc) is 2.99. The fourth-order valence-electron chi connectivity index (χ4n) is 1.83. The van der Waals surface area contributed by atoms with Gasteiger partial charge in [-0.3, -0.25) is 4.98 Å². The van der Waals surface area contributed by atoms with Crippen molar-refractivity contribution < 1.29 is 9.52 Å². The van der Waals surface area contributed by atoms with Crippen molar-refractivity contribution in [1.82, 2.24) is 15.0 Å². The van der Waals surface area contributed by atoms with Crippen molar-refractivity contribution in [2.45, 2.75) is 0 Å². The van der Waals surface area contributed by atoms with E-state index in [4.69, 9.17) is 9.68 Å². The Hall–Kier alpha value is -3.64. The van der Waals surface area contributed by atoms with Gasteiger partial charge >= 0.3 is 0 Å². The number of aromatic nitrogens is 3. The van der Waals surface area contributed by atoms with Crippen LogP contribution in [0.2, 0.25) is 0 Å². The SMILES string of the molecule is N#CC#C/C(=C(/O)c1cnccn1)c1nc2ccccc2o1. The molecule has 0 atom stereocenters. The van der Waals surface area contributed by atoms with E-state index in [1.807, 2.05) is 12.1 Å². The van der Waals surface area contributed by atoms with E-state index in [1.165, 1.54) is 18.6 Å². The van der Waals surface area contributed by atoms with Gasteiger partial charge in [-0.1, -0.05) is 12.1 Å². The van der Waals surface area contributed by atoms with Gasteiger partial charge < -0.3 is 9.52 Å². The topological polar surface area (TPSA) is 95.8 Å². The van der Waals surface area contributed by atoms with Crippen LogP contribution < -0.4 is 0 Å². The predicted octanol–water partition coefficient (Wildman–Crippen LogP) is 2.57. The Morgan fingerprint density at radius 2 is 2.09 bits per heavy atom. The van der Waals surface area contributed by atoms with E-state index in [0.29, 0.717) is 11.1 Å². The standard InChI is InChI=1S/C16H8N4O2/c17-7-3-4-11(15(21)13-10-18-8-9-19-13)16-20-12-5-1-2-6-14(12)22-16/h1-2,5-6,8-10,21H/b15-11-. The third-order valence-corrected chi connectivity index (χ3v) is 2.79. The number of para-hydroxylation sites is 2. The summed E-state index contributed by atoms with van der Waals surface area (Å²) < 4.78 is 5.58. The Balaban J connectivity index is 2.21. The van der Waals surface area contributed by atoms with Crippen LogP contribution in [0.25, 0.3) is 22.4 Å². The predicted molar refractivity (Wildman–Crippen MR) is 78.9 cm³/mol. The number of fused-ring (bicyclic) bond motifs is 1. The van der Waals surface area contributed by atoms with Crippen molar-refractivity contribution in [3.05, 3.63) is 54.4 Å². The highest BCUT2D eigenvalue weighted by Gasteiger charge is 2.16. The third-order valence-electron chi connectivity index (χ3n) is 2.79. The number of nitrogens with zero attached hydrogens (tertiary/aromatic N) is 4. The van der Waals surface area contributed by atoms with Crippen LogP contribution in [0, 0.1) is 23.2 Å². The first kappa shape index (κ1) is 13.3.